The van der Waals surface area contributed by atoms with Crippen LogP contribution in [0.2, 0.25) is 0 Å². The normalized spacial score (nSPS) is 10.0. The summed E-state index contributed by atoms with van der Waals surface area (Å²) in [6, 6.07) is 3.21. The molecule has 6 heteroatoms. The lowest BCUT2D eigenvalue weighted by Gasteiger charge is -1.95. The Morgan fingerprint density at radius 2 is 2.21 bits per heavy atom. The maximum absolute atomic E-state index is 10.7. The molecule has 2 aromatic rings. The number of primary amides is 1. The minimum absolute atomic E-state index is 0.158. The highest BCUT2D eigenvalue weighted by Gasteiger charge is 2.05. The van der Waals surface area contributed by atoms with Crippen LogP contribution in [0.1, 0.15) is 10.5 Å². The van der Waals surface area contributed by atoms with Crippen LogP contribution in [0.25, 0.3) is 10.7 Å². The fraction of sp³-hybridized carbons (Fsp3) is 0. The predicted octanol–water partition coefficient (Wildman–Crippen LogP) is 0.699. The first kappa shape index (κ1) is 8.76. The molecule has 5 nitrogen and oxygen atoms in total. The summed E-state index contributed by atoms with van der Waals surface area (Å²) in [5.41, 5.74) is 5.83. The van der Waals surface area contributed by atoms with Crippen LogP contribution in [0.3, 0.4) is 0 Å². The van der Waals surface area contributed by atoms with Crippen LogP contribution in [-0.2, 0) is 0 Å². The Kier molecular flexibility index (Phi) is 2.19. The zero-order chi connectivity index (χ0) is 9.97. The van der Waals surface area contributed by atoms with Gasteiger partial charge in [0.25, 0.3) is 5.91 Å². The van der Waals surface area contributed by atoms with E-state index in [-0.39, 0.29) is 5.69 Å². The number of amides is 1. The number of aromatic nitrogens is 3. The Balaban J connectivity index is 2.36. The summed E-state index contributed by atoms with van der Waals surface area (Å²) in [7, 11) is 0. The average molecular weight is 206 g/mol. The van der Waals surface area contributed by atoms with E-state index in [1.54, 1.807) is 12.3 Å². The molecule has 0 aliphatic heterocycles. The summed E-state index contributed by atoms with van der Waals surface area (Å²) < 4.78 is 0. The van der Waals surface area contributed by atoms with Gasteiger partial charge in [-0.1, -0.05) is 0 Å². The van der Waals surface area contributed by atoms with E-state index in [1.165, 1.54) is 17.4 Å². The molecule has 2 N–H and O–H groups in total. The molecule has 0 fully saturated rings. The van der Waals surface area contributed by atoms with Crippen molar-refractivity contribution >= 4 is 17.2 Å². The van der Waals surface area contributed by atoms with Gasteiger partial charge in [0.05, 0.1) is 0 Å². The van der Waals surface area contributed by atoms with E-state index in [0.717, 1.165) is 5.01 Å². The molecule has 2 rings (SSSR count). The van der Waals surface area contributed by atoms with E-state index in [0.29, 0.717) is 5.69 Å². The second-order valence-electron chi connectivity index (χ2n) is 2.51. The van der Waals surface area contributed by atoms with E-state index in [2.05, 4.69) is 15.2 Å². The third-order valence-corrected chi connectivity index (χ3v) is 2.36. The molecule has 0 aromatic carbocycles. The zero-order valence-electron chi connectivity index (χ0n) is 7.04. The molecular formula is C8H6N4OS. The van der Waals surface area contributed by atoms with Crippen LogP contribution in [0.15, 0.2) is 23.7 Å². The highest BCUT2D eigenvalue weighted by molar-refractivity contribution is 7.13. The molecule has 70 valence electrons. The van der Waals surface area contributed by atoms with Crippen LogP contribution in [0.5, 0.6) is 0 Å². The van der Waals surface area contributed by atoms with Crippen molar-refractivity contribution in [2.45, 2.75) is 0 Å². The number of rotatable bonds is 2. The standard InChI is InChI=1S/C8H6N4OS/c9-7(13)5-1-2-6(12-11-5)8-10-3-4-14-8/h1-4H,(H2,9,13). The molecular weight excluding hydrogens is 200 g/mol. The van der Waals surface area contributed by atoms with Gasteiger partial charge in [0.2, 0.25) is 0 Å². The van der Waals surface area contributed by atoms with Crippen molar-refractivity contribution in [3.8, 4) is 10.7 Å². The quantitative estimate of drug-likeness (QED) is 0.784. The highest BCUT2D eigenvalue weighted by atomic mass is 32.1. The summed E-state index contributed by atoms with van der Waals surface area (Å²) in [6.45, 7) is 0. The fourth-order valence-corrected chi connectivity index (χ4v) is 1.53. The van der Waals surface area contributed by atoms with E-state index < -0.39 is 5.91 Å². The average Bonchev–Trinajstić information content (AvgIpc) is 2.71. The van der Waals surface area contributed by atoms with Crippen molar-refractivity contribution in [2.75, 3.05) is 0 Å². The van der Waals surface area contributed by atoms with Crippen molar-refractivity contribution < 1.29 is 4.79 Å². The summed E-state index contributed by atoms with van der Waals surface area (Å²) in [5.74, 6) is -0.580. The second kappa shape index (κ2) is 3.51. The highest BCUT2D eigenvalue weighted by Crippen LogP contribution is 2.17. The number of carbonyl (C=O) groups excluding carboxylic acids is 1. The first-order valence-corrected chi connectivity index (χ1v) is 4.69. The molecule has 0 bridgehead atoms. The van der Waals surface area contributed by atoms with Crippen molar-refractivity contribution in [3.05, 3.63) is 29.4 Å². The maximum Gasteiger partial charge on any atom is 0.269 e. The Morgan fingerprint density at radius 1 is 1.36 bits per heavy atom. The Labute approximate surface area is 83.6 Å². The van der Waals surface area contributed by atoms with Gasteiger partial charge in [-0.3, -0.25) is 4.79 Å². The number of nitrogens with two attached hydrogens (primary N) is 1. The molecule has 0 unspecified atom stereocenters. The number of hydrogen-bond donors (Lipinski definition) is 1. The van der Waals surface area contributed by atoms with E-state index in [1.807, 2.05) is 5.38 Å². The van der Waals surface area contributed by atoms with Gasteiger partial charge in [-0.15, -0.1) is 21.5 Å². The van der Waals surface area contributed by atoms with Gasteiger partial charge in [0.1, 0.15) is 10.7 Å². The van der Waals surface area contributed by atoms with Gasteiger partial charge >= 0.3 is 0 Å². The third-order valence-electron chi connectivity index (χ3n) is 1.57. The smallest absolute Gasteiger partial charge is 0.269 e. The van der Waals surface area contributed by atoms with Gasteiger partial charge < -0.3 is 5.73 Å². The first-order valence-electron chi connectivity index (χ1n) is 3.81. The Morgan fingerprint density at radius 3 is 2.71 bits per heavy atom. The summed E-state index contributed by atoms with van der Waals surface area (Å²) in [6.07, 6.45) is 1.68. The molecule has 0 aliphatic rings. The van der Waals surface area contributed by atoms with Crippen molar-refractivity contribution in [2.24, 2.45) is 5.73 Å². The minimum Gasteiger partial charge on any atom is -0.364 e. The number of thiazole rings is 1. The van der Waals surface area contributed by atoms with Gasteiger partial charge in [0.15, 0.2) is 5.69 Å². The van der Waals surface area contributed by atoms with Crippen molar-refractivity contribution in [3.63, 3.8) is 0 Å². The van der Waals surface area contributed by atoms with Crippen molar-refractivity contribution in [1.82, 2.24) is 15.2 Å². The monoisotopic (exact) mass is 206 g/mol. The summed E-state index contributed by atoms with van der Waals surface area (Å²) in [5, 5.41) is 10.1. The van der Waals surface area contributed by atoms with E-state index in [9.17, 15) is 4.79 Å². The lowest BCUT2D eigenvalue weighted by molar-refractivity contribution is 0.0994. The van der Waals surface area contributed by atoms with Crippen LogP contribution in [0.4, 0.5) is 0 Å². The molecule has 1 amide bonds. The third kappa shape index (κ3) is 1.60. The van der Waals surface area contributed by atoms with Gasteiger partial charge in [-0.05, 0) is 12.1 Å². The zero-order valence-corrected chi connectivity index (χ0v) is 7.86. The molecule has 0 spiro atoms. The van der Waals surface area contributed by atoms with Crippen LogP contribution >= 0.6 is 11.3 Å². The second-order valence-corrected chi connectivity index (χ2v) is 3.40. The Hall–Kier alpha value is -1.82. The molecule has 2 heterocycles. The van der Waals surface area contributed by atoms with Gasteiger partial charge in [-0.2, -0.15) is 0 Å². The summed E-state index contributed by atoms with van der Waals surface area (Å²) in [4.78, 5) is 14.8. The summed E-state index contributed by atoms with van der Waals surface area (Å²) >= 11 is 1.46. The molecule has 0 saturated carbocycles. The largest absolute Gasteiger partial charge is 0.364 e. The molecule has 0 aliphatic carbocycles. The molecule has 2 aromatic heterocycles. The lowest BCUT2D eigenvalue weighted by atomic mass is 10.3. The van der Waals surface area contributed by atoms with Crippen molar-refractivity contribution in [1.29, 1.82) is 0 Å². The van der Waals surface area contributed by atoms with Gasteiger partial charge in [0, 0.05) is 11.6 Å². The van der Waals surface area contributed by atoms with Crippen LogP contribution in [0, 0.1) is 0 Å². The van der Waals surface area contributed by atoms with Gasteiger partial charge in [-0.25, -0.2) is 4.98 Å². The molecule has 0 radical (unpaired) electrons. The number of nitrogens with zero attached hydrogens (tertiary/aromatic N) is 3. The topological polar surface area (TPSA) is 81.8 Å². The fourth-order valence-electron chi connectivity index (χ4n) is 0.928. The molecule has 0 saturated heterocycles. The molecule has 0 atom stereocenters. The predicted molar refractivity (Wildman–Crippen MR) is 51.7 cm³/mol. The van der Waals surface area contributed by atoms with E-state index >= 15 is 0 Å². The number of hydrogen-bond acceptors (Lipinski definition) is 5. The minimum atomic E-state index is -0.580. The lowest BCUT2D eigenvalue weighted by Crippen LogP contribution is -2.13. The van der Waals surface area contributed by atoms with Crippen LogP contribution in [-0.4, -0.2) is 21.1 Å². The number of carbonyl (C=O) groups is 1. The Bertz CT molecular complexity index is 437. The SMILES string of the molecule is NC(=O)c1ccc(-c2nccs2)nn1. The maximum atomic E-state index is 10.7. The molecule has 14 heavy (non-hydrogen) atoms. The van der Waals surface area contributed by atoms with Crippen LogP contribution < -0.4 is 5.73 Å². The first-order chi connectivity index (χ1) is 6.77. The van der Waals surface area contributed by atoms with E-state index in [4.69, 9.17) is 5.73 Å².